The van der Waals surface area contributed by atoms with Gasteiger partial charge in [0.15, 0.2) is 5.96 Å². The Balaban J connectivity index is 2.26. The third-order valence-corrected chi connectivity index (χ3v) is 3.60. The zero-order chi connectivity index (χ0) is 14.7. The van der Waals surface area contributed by atoms with Crippen LogP contribution in [0.2, 0.25) is 0 Å². The highest BCUT2D eigenvalue weighted by Crippen LogP contribution is 2.16. The second kappa shape index (κ2) is 5.94. The molecule has 0 atom stereocenters. The Morgan fingerprint density at radius 1 is 1.35 bits per heavy atom. The molecule has 0 amide bonds. The Labute approximate surface area is 120 Å². The van der Waals surface area contributed by atoms with E-state index in [9.17, 15) is 0 Å². The number of guanidine groups is 1. The van der Waals surface area contributed by atoms with Gasteiger partial charge in [0.25, 0.3) is 0 Å². The maximum Gasteiger partial charge on any atom is 0.191 e. The second-order valence-corrected chi connectivity index (χ2v) is 4.93. The minimum absolute atomic E-state index is 0.507. The first-order valence-electron chi connectivity index (χ1n) is 7.03. The number of aryl methyl sites for hydroxylation is 2. The van der Waals surface area contributed by atoms with Crippen molar-refractivity contribution >= 4 is 17.0 Å². The van der Waals surface area contributed by atoms with Gasteiger partial charge in [-0.1, -0.05) is 6.07 Å². The monoisotopic (exact) mass is 273 g/mol. The maximum atomic E-state index is 5.99. The molecular formula is C15H23N5. The number of nitrogens with two attached hydrogens (primary N) is 1. The Hall–Kier alpha value is -2.04. The number of fused-ring (bicyclic) bond motifs is 1. The fourth-order valence-electron chi connectivity index (χ4n) is 2.30. The van der Waals surface area contributed by atoms with Crippen molar-refractivity contribution in [1.29, 1.82) is 0 Å². The van der Waals surface area contributed by atoms with Crippen LogP contribution in [0.4, 0.5) is 0 Å². The van der Waals surface area contributed by atoms with Gasteiger partial charge in [-0.2, -0.15) is 0 Å². The normalized spacial score (nSPS) is 12.1. The van der Waals surface area contributed by atoms with Gasteiger partial charge >= 0.3 is 0 Å². The van der Waals surface area contributed by atoms with Crippen molar-refractivity contribution in [2.24, 2.45) is 17.8 Å². The zero-order valence-corrected chi connectivity index (χ0v) is 12.7. The van der Waals surface area contributed by atoms with Gasteiger partial charge in [-0.15, -0.1) is 0 Å². The van der Waals surface area contributed by atoms with Crippen LogP contribution in [0.5, 0.6) is 0 Å². The van der Waals surface area contributed by atoms with Crippen LogP contribution in [0.3, 0.4) is 0 Å². The smallest absolute Gasteiger partial charge is 0.191 e. The standard InChI is InChI=1S/C15H23N5/c1-5-20(6-2)15(16)17-10-14-18-12-9-11(3)7-8-13(12)19(14)4/h7-9H,5-6,10H2,1-4H3,(H2,16,17). The first-order chi connectivity index (χ1) is 9.56. The molecule has 0 radical (unpaired) electrons. The number of hydrogen-bond acceptors (Lipinski definition) is 2. The minimum atomic E-state index is 0.507. The summed E-state index contributed by atoms with van der Waals surface area (Å²) in [6, 6.07) is 6.29. The largest absolute Gasteiger partial charge is 0.370 e. The maximum absolute atomic E-state index is 5.99. The van der Waals surface area contributed by atoms with Gasteiger partial charge in [-0.05, 0) is 38.5 Å². The van der Waals surface area contributed by atoms with Crippen LogP contribution >= 0.6 is 0 Å². The summed E-state index contributed by atoms with van der Waals surface area (Å²) in [6.07, 6.45) is 0. The molecule has 0 aliphatic heterocycles. The van der Waals surface area contributed by atoms with Crippen molar-refractivity contribution in [3.05, 3.63) is 29.6 Å². The molecule has 0 aliphatic carbocycles. The van der Waals surface area contributed by atoms with Gasteiger partial charge in [0.2, 0.25) is 0 Å². The van der Waals surface area contributed by atoms with Gasteiger partial charge in [0.05, 0.1) is 11.0 Å². The molecule has 5 nitrogen and oxygen atoms in total. The summed E-state index contributed by atoms with van der Waals surface area (Å²) < 4.78 is 2.08. The summed E-state index contributed by atoms with van der Waals surface area (Å²) in [6.45, 7) is 8.46. The number of hydrogen-bond donors (Lipinski definition) is 1. The summed E-state index contributed by atoms with van der Waals surface area (Å²) in [5.74, 6) is 1.51. The Morgan fingerprint density at radius 3 is 2.70 bits per heavy atom. The lowest BCUT2D eigenvalue weighted by atomic mass is 10.2. The van der Waals surface area contributed by atoms with Crippen LogP contribution in [-0.2, 0) is 13.6 Å². The lowest BCUT2D eigenvalue weighted by Crippen LogP contribution is -2.37. The zero-order valence-electron chi connectivity index (χ0n) is 12.7. The van der Waals surface area contributed by atoms with E-state index in [2.05, 4.69) is 53.5 Å². The van der Waals surface area contributed by atoms with E-state index in [0.717, 1.165) is 29.9 Å². The lowest BCUT2D eigenvalue weighted by Gasteiger charge is -2.19. The molecule has 1 aromatic heterocycles. The number of aromatic nitrogens is 2. The highest BCUT2D eigenvalue weighted by atomic mass is 15.2. The third kappa shape index (κ3) is 2.76. The Morgan fingerprint density at radius 2 is 2.05 bits per heavy atom. The van der Waals surface area contributed by atoms with Gasteiger partial charge in [0, 0.05) is 20.1 Å². The third-order valence-electron chi connectivity index (χ3n) is 3.60. The fourth-order valence-corrected chi connectivity index (χ4v) is 2.30. The van der Waals surface area contributed by atoms with Crippen molar-refractivity contribution < 1.29 is 0 Å². The average molecular weight is 273 g/mol. The van der Waals surface area contributed by atoms with Gasteiger partial charge in [0.1, 0.15) is 12.4 Å². The van der Waals surface area contributed by atoms with Crippen LogP contribution in [-0.4, -0.2) is 33.5 Å². The summed E-state index contributed by atoms with van der Waals surface area (Å²) in [5, 5.41) is 0. The van der Waals surface area contributed by atoms with Crippen LogP contribution in [0, 0.1) is 6.92 Å². The fraction of sp³-hybridized carbons (Fsp3) is 0.467. The van der Waals surface area contributed by atoms with Crippen LogP contribution in [0.15, 0.2) is 23.2 Å². The Kier molecular flexibility index (Phi) is 4.27. The number of rotatable bonds is 4. The topological polar surface area (TPSA) is 59.4 Å². The van der Waals surface area contributed by atoms with E-state index in [1.807, 2.05) is 11.9 Å². The molecule has 0 fully saturated rings. The minimum Gasteiger partial charge on any atom is -0.370 e. The molecule has 0 bridgehead atoms. The van der Waals surface area contributed by atoms with Gasteiger partial charge in [-0.25, -0.2) is 9.98 Å². The second-order valence-electron chi connectivity index (χ2n) is 4.93. The van der Waals surface area contributed by atoms with E-state index < -0.39 is 0 Å². The molecule has 0 unspecified atom stereocenters. The van der Waals surface area contributed by atoms with E-state index in [4.69, 9.17) is 5.73 Å². The van der Waals surface area contributed by atoms with E-state index in [1.165, 1.54) is 5.56 Å². The molecule has 108 valence electrons. The molecule has 5 heteroatoms. The van der Waals surface area contributed by atoms with Crippen molar-refractivity contribution in [3.8, 4) is 0 Å². The summed E-state index contributed by atoms with van der Waals surface area (Å²) in [5.41, 5.74) is 9.35. The van der Waals surface area contributed by atoms with E-state index >= 15 is 0 Å². The first-order valence-corrected chi connectivity index (χ1v) is 7.03. The van der Waals surface area contributed by atoms with Crippen molar-refractivity contribution in [2.45, 2.75) is 27.3 Å². The summed E-state index contributed by atoms with van der Waals surface area (Å²) in [4.78, 5) is 11.1. The van der Waals surface area contributed by atoms with Gasteiger partial charge < -0.3 is 15.2 Å². The first kappa shape index (κ1) is 14.4. The molecule has 1 aromatic carbocycles. The molecule has 2 rings (SSSR count). The Bertz CT molecular complexity index is 622. The summed E-state index contributed by atoms with van der Waals surface area (Å²) >= 11 is 0. The molecule has 0 aliphatic rings. The molecule has 0 saturated heterocycles. The predicted octanol–water partition coefficient (Wildman–Crippen LogP) is 2.04. The van der Waals surface area contributed by atoms with Crippen molar-refractivity contribution in [3.63, 3.8) is 0 Å². The molecule has 0 saturated carbocycles. The van der Waals surface area contributed by atoms with E-state index in [-0.39, 0.29) is 0 Å². The number of benzene rings is 1. The molecule has 0 spiro atoms. The van der Waals surface area contributed by atoms with Crippen LogP contribution in [0.1, 0.15) is 25.2 Å². The predicted molar refractivity (Wildman–Crippen MR) is 83.7 cm³/mol. The molecule has 1 heterocycles. The van der Waals surface area contributed by atoms with Crippen LogP contribution in [0.25, 0.3) is 11.0 Å². The SMILES string of the molecule is CCN(CC)C(N)=NCc1nc2cc(C)ccc2n1C. The average Bonchev–Trinajstić information content (AvgIpc) is 2.74. The highest BCUT2D eigenvalue weighted by Gasteiger charge is 2.08. The molecule has 20 heavy (non-hydrogen) atoms. The lowest BCUT2D eigenvalue weighted by molar-refractivity contribution is 0.457. The number of imidazole rings is 1. The number of aliphatic imine (C=N–C) groups is 1. The quantitative estimate of drug-likeness (QED) is 0.685. The molecule has 2 N–H and O–H groups in total. The van der Waals surface area contributed by atoms with Crippen molar-refractivity contribution in [2.75, 3.05) is 13.1 Å². The van der Waals surface area contributed by atoms with Gasteiger partial charge in [-0.3, -0.25) is 0 Å². The molecule has 2 aromatic rings. The van der Waals surface area contributed by atoms with E-state index in [1.54, 1.807) is 0 Å². The van der Waals surface area contributed by atoms with E-state index in [0.29, 0.717) is 12.5 Å². The highest BCUT2D eigenvalue weighted by molar-refractivity contribution is 5.78. The molecular weight excluding hydrogens is 250 g/mol. The van der Waals surface area contributed by atoms with Crippen LogP contribution < -0.4 is 5.73 Å². The number of nitrogens with zero attached hydrogens (tertiary/aromatic N) is 4. The summed E-state index contributed by atoms with van der Waals surface area (Å²) in [7, 11) is 2.02. The van der Waals surface area contributed by atoms with Crippen molar-refractivity contribution in [1.82, 2.24) is 14.5 Å².